The maximum Gasteiger partial charge on any atom is 0.355 e. The van der Waals surface area contributed by atoms with E-state index >= 15 is 0 Å². The second-order valence-electron chi connectivity index (χ2n) is 5.11. The number of carbonyl (C=O) groups excluding carboxylic acids is 1. The van der Waals surface area contributed by atoms with Crippen molar-refractivity contribution in [3.8, 4) is 0 Å². The summed E-state index contributed by atoms with van der Waals surface area (Å²) >= 11 is 0. The number of nitrogens with one attached hydrogen (secondary N) is 1. The molecule has 1 aliphatic heterocycles. The summed E-state index contributed by atoms with van der Waals surface area (Å²) in [5.41, 5.74) is 0.600. The van der Waals surface area contributed by atoms with Crippen LogP contribution in [-0.2, 0) is 21.8 Å². The largest absolute Gasteiger partial charge is 0.464 e. The Kier molecular flexibility index (Phi) is 3.75. The lowest BCUT2D eigenvalue weighted by molar-refractivity contribution is 0.0589. The van der Waals surface area contributed by atoms with Crippen LogP contribution < -0.4 is 4.72 Å². The number of aromatic nitrogens is 1. The summed E-state index contributed by atoms with van der Waals surface area (Å²) in [5, 5.41) is 0. The van der Waals surface area contributed by atoms with Crippen molar-refractivity contribution in [3.63, 3.8) is 0 Å². The number of carbonyl (C=O) groups is 1. The lowest BCUT2D eigenvalue weighted by Gasteiger charge is -2.16. The highest BCUT2D eigenvalue weighted by atomic mass is 32.2. The van der Waals surface area contributed by atoms with E-state index in [1.165, 1.54) is 17.9 Å². The molecule has 1 aromatic rings. The van der Waals surface area contributed by atoms with Crippen LogP contribution >= 0.6 is 0 Å². The minimum absolute atomic E-state index is 0.0970. The third kappa shape index (κ3) is 2.38. The van der Waals surface area contributed by atoms with Crippen molar-refractivity contribution in [1.82, 2.24) is 9.29 Å². The van der Waals surface area contributed by atoms with Crippen molar-refractivity contribution >= 4 is 22.1 Å². The van der Waals surface area contributed by atoms with E-state index in [0.29, 0.717) is 5.56 Å². The average molecular weight is 298 g/mol. The second kappa shape index (κ2) is 5.06. The third-order valence-corrected chi connectivity index (χ3v) is 4.82. The van der Waals surface area contributed by atoms with Gasteiger partial charge in [-0.25, -0.2) is 17.9 Å². The van der Waals surface area contributed by atoms with Gasteiger partial charge in [-0.15, -0.1) is 0 Å². The Labute approximate surface area is 118 Å². The number of ether oxygens (including phenoxy) is 1. The van der Waals surface area contributed by atoms with Crippen LogP contribution in [0.4, 0.5) is 0 Å². The van der Waals surface area contributed by atoms with Gasteiger partial charge in [0.25, 0.3) is 0 Å². The lowest BCUT2D eigenvalue weighted by atomic mass is 10.0. The maximum absolute atomic E-state index is 12.4. The molecule has 0 bridgehead atoms. The monoisotopic (exact) mass is 298 g/mol. The normalized spacial score (nSPS) is 20.6. The minimum atomic E-state index is -3.66. The van der Waals surface area contributed by atoms with Gasteiger partial charge in [-0.1, -0.05) is 26.0 Å². The predicted molar refractivity (Wildman–Crippen MR) is 74.7 cm³/mol. The molecule has 0 saturated heterocycles. The summed E-state index contributed by atoms with van der Waals surface area (Å²) in [7, 11) is -0.772. The fourth-order valence-electron chi connectivity index (χ4n) is 2.18. The maximum atomic E-state index is 12.4. The molecule has 2 heterocycles. The van der Waals surface area contributed by atoms with Gasteiger partial charge in [0.2, 0.25) is 10.0 Å². The Morgan fingerprint density at radius 1 is 1.45 bits per heavy atom. The van der Waals surface area contributed by atoms with Crippen molar-refractivity contribution in [2.24, 2.45) is 13.0 Å². The van der Waals surface area contributed by atoms with Crippen LogP contribution in [0.1, 0.15) is 29.9 Å². The standard InChI is InChI=1S/C13H18N2O4S/c1-8(2)10-6-5-9-11(20(17,18)14-10)7-15(3)12(9)13(16)19-4/h5-8,10,14H,1-4H3. The third-order valence-electron chi connectivity index (χ3n) is 3.33. The summed E-state index contributed by atoms with van der Waals surface area (Å²) in [6.07, 6.45) is 4.86. The van der Waals surface area contributed by atoms with Gasteiger partial charge in [0.1, 0.15) is 10.6 Å². The number of aryl methyl sites for hydroxylation is 1. The van der Waals surface area contributed by atoms with Crippen LogP contribution in [0, 0.1) is 5.92 Å². The van der Waals surface area contributed by atoms with Gasteiger partial charge in [0.15, 0.2) is 0 Å². The van der Waals surface area contributed by atoms with E-state index in [2.05, 4.69) is 4.72 Å². The zero-order chi connectivity index (χ0) is 15.1. The van der Waals surface area contributed by atoms with Gasteiger partial charge >= 0.3 is 5.97 Å². The number of esters is 1. The van der Waals surface area contributed by atoms with Crippen molar-refractivity contribution < 1.29 is 17.9 Å². The first-order chi connectivity index (χ1) is 9.27. The molecule has 6 nitrogen and oxygen atoms in total. The van der Waals surface area contributed by atoms with E-state index in [-0.39, 0.29) is 22.5 Å². The van der Waals surface area contributed by atoms with Crippen molar-refractivity contribution in [2.75, 3.05) is 7.11 Å². The van der Waals surface area contributed by atoms with Gasteiger partial charge in [-0.2, -0.15) is 0 Å². The van der Waals surface area contributed by atoms with E-state index in [1.54, 1.807) is 19.2 Å². The summed E-state index contributed by atoms with van der Waals surface area (Å²) in [4.78, 5) is 11.9. The molecule has 0 aliphatic carbocycles. The molecule has 2 rings (SSSR count). The molecular formula is C13H18N2O4S. The Morgan fingerprint density at radius 2 is 2.10 bits per heavy atom. The van der Waals surface area contributed by atoms with E-state index < -0.39 is 16.0 Å². The Hall–Kier alpha value is -1.60. The first-order valence-corrected chi connectivity index (χ1v) is 7.74. The zero-order valence-electron chi connectivity index (χ0n) is 11.9. The average Bonchev–Trinajstić information content (AvgIpc) is 2.64. The van der Waals surface area contributed by atoms with Crippen LogP contribution in [0.25, 0.3) is 6.08 Å². The molecule has 7 heteroatoms. The Morgan fingerprint density at radius 3 is 2.65 bits per heavy atom. The summed E-state index contributed by atoms with van der Waals surface area (Å²) < 4.78 is 33.5. The molecule has 1 aliphatic rings. The van der Waals surface area contributed by atoms with Gasteiger partial charge in [-0.3, -0.25) is 0 Å². The minimum Gasteiger partial charge on any atom is -0.464 e. The van der Waals surface area contributed by atoms with E-state index in [0.717, 1.165) is 0 Å². The molecule has 0 amide bonds. The van der Waals surface area contributed by atoms with Crippen molar-refractivity contribution in [1.29, 1.82) is 0 Å². The SMILES string of the molecule is COC(=O)c1c2c(cn1C)S(=O)(=O)NC(C(C)C)C=C2. The molecule has 0 spiro atoms. The molecule has 0 fully saturated rings. The van der Waals surface area contributed by atoms with Gasteiger partial charge in [-0.05, 0) is 5.92 Å². The van der Waals surface area contributed by atoms with Crippen LogP contribution in [0.3, 0.4) is 0 Å². The molecule has 110 valence electrons. The number of rotatable bonds is 2. The van der Waals surface area contributed by atoms with Gasteiger partial charge in [0, 0.05) is 24.8 Å². The molecular weight excluding hydrogens is 280 g/mol. The zero-order valence-corrected chi connectivity index (χ0v) is 12.7. The number of sulfonamides is 1. The molecule has 1 aromatic heterocycles. The number of hydrogen-bond acceptors (Lipinski definition) is 4. The Balaban J connectivity index is 2.66. The number of fused-ring (bicyclic) bond motifs is 1. The Bertz CT molecular complexity index is 671. The van der Waals surface area contributed by atoms with E-state index in [1.807, 2.05) is 13.8 Å². The van der Waals surface area contributed by atoms with Crippen molar-refractivity contribution in [3.05, 3.63) is 23.5 Å². The molecule has 1 atom stereocenters. The van der Waals surface area contributed by atoms with Crippen LogP contribution in [0.15, 0.2) is 17.2 Å². The van der Waals surface area contributed by atoms with Crippen LogP contribution in [0.5, 0.6) is 0 Å². The van der Waals surface area contributed by atoms with Gasteiger partial charge < -0.3 is 9.30 Å². The summed E-state index contributed by atoms with van der Waals surface area (Å²) in [6, 6.07) is -0.303. The molecule has 0 saturated carbocycles. The highest BCUT2D eigenvalue weighted by Crippen LogP contribution is 2.27. The van der Waals surface area contributed by atoms with Crippen LogP contribution in [0.2, 0.25) is 0 Å². The number of nitrogens with zero attached hydrogens (tertiary/aromatic N) is 1. The highest BCUT2D eigenvalue weighted by molar-refractivity contribution is 7.89. The fraction of sp³-hybridized carbons (Fsp3) is 0.462. The molecule has 1 unspecified atom stereocenters. The lowest BCUT2D eigenvalue weighted by Crippen LogP contribution is -2.36. The fourth-order valence-corrected chi connectivity index (χ4v) is 3.77. The van der Waals surface area contributed by atoms with E-state index in [9.17, 15) is 13.2 Å². The smallest absolute Gasteiger partial charge is 0.355 e. The van der Waals surface area contributed by atoms with Crippen molar-refractivity contribution in [2.45, 2.75) is 24.8 Å². The number of methoxy groups -OCH3 is 1. The summed E-state index contributed by atoms with van der Waals surface area (Å²) in [6.45, 7) is 3.85. The highest BCUT2D eigenvalue weighted by Gasteiger charge is 2.31. The number of hydrogen-bond donors (Lipinski definition) is 1. The van der Waals surface area contributed by atoms with Gasteiger partial charge in [0.05, 0.1) is 7.11 Å². The predicted octanol–water partition coefficient (Wildman–Crippen LogP) is 1.14. The first-order valence-electron chi connectivity index (χ1n) is 6.26. The second-order valence-corrected chi connectivity index (χ2v) is 6.79. The molecule has 1 N–H and O–H groups in total. The topological polar surface area (TPSA) is 77.4 Å². The molecule has 20 heavy (non-hydrogen) atoms. The molecule has 0 aromatic carbocycles. The quantitative estimate of drug-likeness (QED) is 0.831. The molecule has 0 radical (unpaired) electrons. The summed E-state index contributed by atoms with van der Waals surface area (Å²) in [5.74, 6) is -0.447. The van der Waals surface area contributed by atoms with Crippen LogP contribution in [-0.4, -0.2) is 32.1 Å². The van der Waals surface area contributed by atoms with E-state index in [4.69, 9.17) is 4.74 Å². The first kappa shape index (κ1) is 14.8.